The van der Waals surface area contributed by atoms with Crippen LogP contribution in [0.25, 0.3) is 0 Å². The third kappa shape index (κ3) is 6.27. The second kappa shape index (κ2) is 11.4. The first-order chi connectivity index (χ1) is 18.1. The van der Waals surface area contributed by atoms with Gasteiger partial charge in [-0.3, -0.25) is 9.59 Å². The van der Waals surface area contributed by atoms with Crippen LogP contribution < -0.4 is 15.4 Å². The van der Waals surface area contributed by atoms with E-state index in [1.807, 2.05) is 6.92 Å². The van der Waals surface area contributed by atoms with Crippen LogP contribution in [0.4, 0.5) is 16.2 Å². The molecule has 38 heavy (non-hydrogen) atoms. The van der Waals surface area contributed by atoms with Gasteiger partial charge in [0.1, 0.15) is 23.2 Å². The zero-order valence-electron chi connectivity index (χ0n) is 22.6. The monoisotopic (exact) mass is 527 g/mol. The lowest BCUT2D eigenvalue weighted by atomic mass is 10.0. The Morgan fingerprint density at radius 3 is 2.63 bits per heavy atom. The standard InChI is InChI=1S/C27H37N5O6/c1-15-12-32(16(2)14-33)24(34)11-20-10-21(28-26(35)19-6-7-19)8-9-22(20)37-23(15)13-31(5)27(36)29-25-17(3)30-38-18(25)4/h8-10,15-16,19,23,33H,6-7,11-14H2,1-5H3,(H,28,35)(H,29,36)/t15-,16+,23-/m0/s1. The van der Waals surface area contributed by atoms with Crippen LogP contribution in [0.3, 0.4) is 0 Å². The van der Waals surface area contributed by atoms with Crippen LogP contribution in [0.5, 0.6) is 5.75 Å². The first kappa shape index (κ1) is 27.4. The molecule has 206 valence electrons. The van der Waals surface area contributed by atoms with E-state index in [0.717, 1.165) is 12.8 Å². The Balaban J connectivity index is 1.58. The van der Waals surface area contributed by atoms with E-state index in [9.17, 15) is 19.5 Å². The van der Waals surface area contributed by atoms with Crippen LogP contribution in [-0.2, 0) is 16.0 Å². The van der Waals surface area contributed by atoms with Crippen molar-refractivity contribution in [1.29, 1.82) is 0 Å². The lowest BCUT2D eigenvalue weighted by Gasteiger charge is -2.34. The average molecular weight is 528 g/mol. The number of nitrogens with one attached hydrogen (secondary N) is 2. The minimum Gasteiger partial charge on any atom is -0.488 e. The molecule has 0 unspecified atom stereocenters. The Kier molecular flexibility index (Phi) is 8.25. The summed E-state index contributed by atoms with van der Waals surface area (Å²) in [6.45, 7) is 7.66. The van der Waals surface area contributed by atoms with Crippen LogP contribution in [0, 0.1) is 25.7 Å². The van der Waals surface area contributed by atoms with Crippen molar-refractivity contribution in [3.05, 3.63) is 35.2 Å². The maximum Gasteiger partial charge on any atom is 0.321 e. The molecule has 4 amide bonds. The van der Waals surface area contributed by atoms with Crippen molar-refractivity contribution in [3.63, 3.8) is 0 Å². The minimum atomic E-state index is -0.458. The van der Waals surface area contributed by atoms with Gasteiger partial charge in [-0.2, -0.15) is 0 Å². The van der Waals surface area contributed by atoms with Gasteiger partial charge in [-0.1, -0.05) is 12.1 Å². The summed E-state index contributed by atoms with van der Waals surface area (Å²) in [7, 11) is 1.67. The molecule has 3 atom stereocenters. The largest absolute Gasteiger partial charge is 0.488 e. The Morgan fingerprint density at radius 2 is 2.00 bits per heavy atom. The summed E-state index contributed by atoms with van der Waals surface area (Å²) in [5.74, 6) is 0.769. The van der Waals surface area contributed by atoms with E-state index in [4.69, 9.17) is 9.26 Å². The first-order valence-electron chi connectivity index (χ1n) is 13.0. The van der Waals surface area contributed by atoms with Gasteiger partial charge < -0.3 is 34.8 Å². The summed E-state index contributed by atoms with van der Waals surface area (Å²) in [4.78, 5) is 41.8. The van der Waals surface area contributed by atoms with E-state index < -0.39 is 6.10 Å². The maximum atomic E-state index is 13.3. The number of urea groups is 1. The zero-order valence-corrected chi connectivity index (χ0v) is 22.6. The summed E-state index contributed by atoms with van der Waals surface area (Å²) in [5, 5.41) is 19.5. The molecule has 0 saturated heterocycles. The molecule has 1 aromatic carbocycles. The normalized spacial score (nSPS) is 20.4. The van der Waals surface area contributed by atoms with Crippen LogP contribution in [0.1, 0.15) is 43.7 Å². The van der Waals surface area contributed by atoms with E-state index in [0.29, 0.717) is 40.7 Å². The second-order valence-corrected chi connectivity index (χ2v) is 10.5. The first-order valence-corrected chi connectivity index (χ1v) is 13.0. The molecule has 2 aliphatic rings. The smallest absolute Gasteiger partial charge is 0.321 e. The molecule has 0 radical (unpaired) electrons. The van der Waals surface area contributed by atoms with Gasteiger partial charge in [-0.05, 0) is 51.8 Å². The molecule has 1 fully saturated rings. The fraction of sp³-hybridized carbons (Fsp3) is 0.556. The number of likely N-dealkylation sites (N-methyl/N-ethyl adjacent to an activating group) is 1. The summed E-state index contributed by atoms with van der Waals surface area (Å²) in [6.07, 6.45) is 1.39. The number of rotatable bonds is 7. The van der Waals surface area contributed by atoms with Gasteiger partial charge in [0.2, 0.25) is 11.8 Å². The number of amides is 4. The lowest BCUT2D eigenvalue weighted by Crippen LogP contribution is -2.48. The number of carbonyl (C=O) groups excluding carboxylic acids is 3. The molecule has 1 aromatic heterocycles. The number of aromatic nitrogens is 1. The number of fused-ring (bicyclic) bond motifs is 1. The molecule has 3 N–H and O–H groups in total. The van der Waals surface area contributed by atoms with E-state index in [-0.39, 0.29) is 55.3 Å². The molecule has 4 rings (SSSR count). The molecule has 0 spiro atoms. The molecule has 1 saturated carbocycles. The van der Waals surface area contributed by atoms with Gasteiger partial charge in [-0.25, -0.2) is 4.79 Å². The number of aryl methyl sites for hydroxylation is 2. The molecule has 11 heteroatoms. The SMILES string of the molecule is Cc1noc(C)c1NC(=O)N(C)C[C@@H]1Oc2ccc(NC(=O)C3CC3)cc2CC(=O)N([C@H](C)CO)C[C@@H]1C. The number of aliphatic hydroxyl groups is 1. The molecule has 1 aliphatic carbocycles. The lowest BCUT2D eigenvalue weighted by molar-refractivity contribution is -0.134. The number of benzene rings is 1. The topological polar surface area (TPSA) is 137 Å². The number of aliphatic hydroxyl groups excluding tert-OH is 1. The van der Waals surface area contributed by atoms with Crippen LogP contribution in [-0.4, -0.2) is 76.8 Å². The fourth-order valence-electron chi connectivity index (χ4n) is 4.53. The highest BCUT2D eigenvalue weighted by atomic mass is 16.5. The van der Waals surface area contributed by atoms with Crippen molar-refractivity contribution < 1.29 is 28.8 Å². The van der Waals surface area contributed by atoms with Crippen LogP contribution in [0.15, 0.2) is 22.7 Å². The molecule has 2 aromatic rings. The molecule has 2 heterocycles. The summed E-state index contributed by atoms with van der Waals surface area (Å²) in [6, 6.07) is 4.58. The number of carbonyl (C=O) groups is 3. The Hall–Kier alpha value is -3.60. The highest BCUT2D eigenvalue weighted by Gasteiger charge is 2.33. The summed E-state index contributed by atoms with van der Waals surface area (Å²) < 4.78 is 11.6. The van der Waals surface area contributed by atoms with E-state index in [2.05, 4.69) is 15.8 Å². The van der Waals surface area contributed by atoms with Gasteiger partial charge in [0.15, 0.2) is 5.76 Å². The van der Waals surface area contributed by atoms with Gasteiger partial charge in [-0.15, -0.1) is 0 Å². The number of ether oxygens (including phenoxy) is 1. The molecule has 0 bridgehead atoms. The van der Waals surface area contributed by atoms with Crippen LogP contribution >= 0.6 is 0 Å². The van der Waals surface area contributed by atoms with Crippen LogP contribution in [0.2, 0.25) is 0 Å². The summed E-state index contributed by atoms with van der Waals surface area (Å²) in [5.41, 5.74) is 2.37. The predicted octanol–water partition coefficient (Wildman–Crippen LogP) is 2.95. The average Bonchev–Trinajstić information content (AvgIpc) is 3.69. The third-order valence-electron chi connectivity index (χ3n) is 7.20. The summed E-state index contributed by atoms with van der Waals surface area (Å²) >= 11 is 0. The molecule has 1 aliphatic heterocycles. The number of nitrogens with zero attached hydrogens (tertiary/aromatic N) is 3. The van der Waals surface area contributed by atoms with Crippen molar-refractivity contribution in [2.75, 3.05) is 37.4 Å². The molecule has 11 nitrogen and oxygen atoms in total. The van der Waals surface area contributed by atoms with Gasteiger partial charge in [0.25, 0.3) is 0 Å². The zero-order chi connectivity index (χ0) is 27.6. The maximum absolute atomic E-state index is 13.3. The fourth-order valence-corrected chi connectivity index (χ4v) is 4.53. The highest BCUT2D eigenvalue weighted by molar-refractivity contribution is 5.94. The van der Waals surface area contributed by atoms with E-state index in [1.54, 1.807) is 50.9 Å². The quantitative estimate of drug-likeness (QED) is 0.503. The number of hydrogen-bond donors (Lipinski definition) is 3. The number of hydrogen-bond acceptors (Lipinski definition) is 7. The number of anilines is 2. The van der Waals surface area contributed by atoms with Crippen molar-refractivity contribution in [3.8, 4) is 5.75 Å². The third-order valence-corrected chi connectivity index (χ3v) is 7.20. The van der Waals surface area contributed by atoms with Crippen molar-refractivity contribution in [2.24, 2.45) is 11.8 Å². The minimum absolute atomic E-state index is 0.0202. The Morgan fingerprint density at radius 1 is 1.26 bits per heavy atom. The van der Waals surface area contributed by atoms with E-state index in [1.165, 1.54) is 4.90 Å². The molecular formula is C27H37N5O6. The molecular weight excluding hydrogens is 490 g/mol. The Bertz CT molecular complexity index is 1170. The van der Waals surface area contributed by atoms with Crippen molar-refractivity contribution in [1.82, 2.24) is 15.0 Å². The van der Waals surface area contributed by atoms with Gasteiger partial charge >= 0.3 is 6.03 Å². The second-order valence-electron chi connectivity index (χ2n) is 10.5. The van der Waals surface area contributed by atoms with Crippen molar-refractivity contribution in [2.45, 2.75) is 59.1 Å². The highest BCUT2D eigenvalue weighted by Crippen LogP contribution is 2.32. The predicted molar refractivity (Wildman–Crippen MR) is 141 cm³/mol. The van der Waals surface area contributed by atoms with E-state index >= 15 is 0 Å². The van der Waals surface area contributed by atoms with Gasteiger partial charge in [0.05, 0.1) is 25.6 Å². The van der Waals surface area contributed by atoms with Crippen molar-refractivity contribution >= 4 is 29.2 Å². The van der Waals surface area contributed by atoms with Gasteiger partial charge in [0, 0.05) is 36.7 Å². The Labute approximate surface area is 222 Å².